The normalized spacial score (nSPS) is 17.2. The first-order valence-corrected chi connectivity index (χ1v) is 8.26. The second kappa shape index (κ2) is 6.42. The van der Waals surface area contributed by atoms with Crippen LogP contribution < -0.4 is 5.69 Å². The lowest BCUT2D eigenvalue weighted by Gasteiger charge is -2.26. The number of rotatable bonds is 3. The van der Waals surface area contributed by atoms with Crippen molar-refractivity contribution in [2.75, 3.05) is 0 Å². The van der Waals surface area contributed by atoms with Crippen LogP contribution in [-0.4, -0.2) is 30.9 Å². The summed E-state index contributed by atoms with van der Waals surface area (Å²) in [4.78, 5) is 29.1. The Hall–Kier alpha value is -2.51. The molecule has 0 saturated heterocycles. The Labute approximate surface area is 144 Å². The summed E-state index contributed by atoms with van der Waals surface area (Å²) in [5.41, 5.74) is -0.476. The summed E-state index contributed by atoms with van der Waals surface area (Å²) in [6.45, 7) is 5.50. The molecule has 0 aromatic carbocycles. The fourth-order valence-electron chi connectivity index (χ4n) is 2.88. The van der Waals surface area contributed by atoms with Gasteiger partial charge in [0.1, 0.15) is 23.3 Å². The highest BCUT2D eigenvalue weighted by Gasteiger charge is 2.33. The van der Waals surface area contributed by atoms with E-state index < -0.39 is 23.4 Å². The minimum atomic E-state index is -0.662. The standard InChI is InChI=1S/C17H21FN4O3/c1-17(2,3)25-15(23)13-5-4-6-14-20-21(16(24)22(13)14)10-12-8-7-11(18)9-19-12/h7-9,13H,4-6,10H2,1-3H3/t13-/m0/s1. The minimum absolute atomic E-state index is 0.125. The van der Waals surface area contributed by atoms with Gasteiger partial charge in [-0.25, -0.2) is 18.7 Å². The maximum Gasteiger partial charge on any atom is 0.347 e. The number of esters is 1. The van der Waals surface area contributed by atoms with Gasteiger partial charge < -0.3 is 4.74 Å². The van der Waals surface area contributed by atoms with Crippen LogP contribution in [0, 0.1) is 5.82 Å². The number of carbonyl (C=O) groups excluding carboxylic acids is 1. The van der Waals surface area contributed by atoms with Gasteiger partial charge in [-0.15, -0.1) is 0 Å². The molecule has 0 bridgehead atoms. The summed E-state index contributed by atoms with van der Waals surface area (Å²) in [5, 5.41) is 4.32. The van der Waals surface area contributed by atoms with Gasteiger partial charge in [0.15, 0.2) is 0 Å². The molecule has 0 aliphatic carbocycles. The van der Waals surface area contributed by atoms with Crippen LogP contribution in [0.3, 0.4) is 0 Å². The molecule has 134 valence electrons. The van der Waals surface area contributed by atoms with E-state index in [1.807, 2.05) is 0 Å². The van der Waals surface area contributed by atoms with Gasteiger partial charge in [0.05, 0.1) is 18.4 Å². The summed E-state index contributed by atoms with van der Waals surface area (Å²) in [7, 11) is 0. The van der Waals surface area contributed by atoms with E-state index in [1.54, 1.807) is 20.8 Å². The first-order chi connectivity index (χ1) is 11.7. The molecule has 0 fully saturated rings. The Balaban J connectivity index is 1.89. The Morgan fingerprint density at radius 3 is 2.80 bits per heavy atom. The van der Waals surface area contributed by atoms with Crippen LogP contribution in [0.4, 0.5) is 4.39 Å². The van der Waals surface area contributed by atoms with Crippen molar-refractivity contribution in [2.24, 2.45) is 0 Å². The molecule has 25 heavy (non-hydrogen) atoms. The highest BCUT2D eigenvalue weighted by atomic mass is 19.1. The molecule has 0 radical (unpaired) electrons. The number of hydrogen-bond acceptors (Lipinski definition) is 5. The number of carbonyl (C=O) groups is 1. The first-order valence-electron chi connectivity index (χ1n) is 8.26. The quantitative estimate of drug-likeness (QED) is 0.791. The van der Waals surface area contributed by atoms with E-state index in [9.17, 15) is 14.0 Å². The van der Waals surface area contributed by atoms with Gasteiger partial charge in [-0.3, -0.25) is 9.55 Å². The van der Waals surface area contributed by atoms with Crippen molar-refractivity contribution in [3.63, 3.8) is 0 Å². The number of halogens is 1. The Kier molecular flexibility index (Phi) is 4.45. The van der Waals surface area contributed by atoms with Gasteiger partial charge in [-0.05, 0) is 45.7 Å². The van der Waals surface area contributed by atoms with E-state index in [-0.39, 0.29) is 12.2 Å². The zero-order valence-electron chi connectivity index (χ0n) is 14.5. The minimum Gasteiger partial charge on any atom is -0.458 e. The largest absolute Gasteiger partial charge is 0.458 e. The third kappa shape index (κ3) is 3.78. The molecule has 1 atom stereocenters. The van der Waals surface area contributed by atoms with E-state index in [2.05, 4.69) is 10.1 Å². The molecule has 0 N–H and O–H groups in total. The summed E-state index contributed by atoms with van der Waals surface area (Å²) in [6, 6.07) is 2.13. The van der Waals surface area contributed by atoms with Gasteiger partial charge >= 0.3 is 11.7 Å². The lowest BCUT2D eigenvalue weighted by atomic mass is 10.0. The molecular weight excluding hydrogens is 327 g/mol. The second-order valence-electron chi connectivity index (χ2n) is 7.14. The van der Waals surface area contributed by atoms with E-state index >= 15 is 0 Å². The highest BCUT2D eigenvalue weighted by Crippen LogP contribution is 2.25. The van der Waals surface area contributed by atoms with E-state index in [0.717, 1.165) is 12.6 Å². The summed E-state index contributed by atoms with van der Waals surface area (Å²) < 4.78 is 21.1. The lowest BCUT2D eigenvalue weighted by molar-refractivity contribution is -0.159. The molecule has 2 aromatic rings. The monoisotopic (exact) mass is 348 g/mol. The zero-order chi connectivity index (χ0) is 18.2. The highest BCUT2D eigenvalue weighted by molar-refractivity contribution is 5.74. The van der Waals surface area contributed by atoms with E-state index in [0.29, 0.717) is 24.4 Å². The molecule has 0 spiro atoms. The van der Waals surface area contributed by atoms with E-state index in [1.165, 1.54) is 21.4 Å². The van der Waals surface area contributed by atoms with Crippen molar-refractivity contribution < 1.29 is 13.9 Å². The Bertz CT molecular complexity index is 833. The Morgan fingerprint density at radius 1 is 1.40 bits per heavy atom. The fraction of sp³-hybridized carbons (Fsp3) is 0.529. The molecule has 1 aliphatic rings. The van der Waals surface area contributed by atoms with Gasteiger partial charge in [0.2, 0.25) is 0 Å². The van der Waals surface area contributed by atoms with Crippen molar-refractivity contribution >= 4 is 5.97 Å². The number of pyridine rings is 1. The molecule has 0 saturated carbocycles. The SMILES string of the molecule is CC(C)(C)OC(=O)[C@@H]1CCCc2nn(Cc3ccc(F)cn3)c(=O)n21. The molecule has 1 aliphatic heterocycles. The van der Waals surface area contributed by atoms with Crippen molar-refractivity contribution in [2.45, 2.75) is 58.2 Å². The maximum absolute atomic E-state index is 13.0. The molecule has 3 heterocycles. The average Bonchev–Trinajstić information content (AvgIpc) is 2.84. The first kappa shape index (κ1) is 17.3. The van der Waals surface area contributed by atoms with Crippen LogP contribution in [0.2, 0.25) is 0 Å². The number of hydrogen-bond donors (Lipinski definition) is 0. The van der Waals surface area contributed by atoms with Crippen LogP contribution >= 0.6 is 0 Å². The van der Waals surface area contributed by atoms with Crippen LogP contribution in [0.1, 0.15) is 51.2 Å². The average molecular weight is 348 g/mol. The zero-order valence-corrected chi connectivity index (χ0v) is 14.5. The van der Waals surface area contributed by atoms with Gasteiger partial charge in [-0.2, -0.15) is 5.10 Å². The molecule has 0 unspecified atom stereocenters. The molecule has 2 aromatic heterocycles. The van der Waals surface area contributed by atoms with Gasteiger partial charge in [0.25, 0.3) is 0 Å². The third-order valence-electron chi connectivity index (χ3n) is 3.91. The summed E-state index contributed by atoms with van der Waals surface area (Å²) in [5.74, 6) is -0.297. The van der Waals surface area contributed by atoms with Crippen LogP contribution in [0.25, 0.3) is 0 Å². The molecule has 3 rings (SSSR count). The number of aryl methyl sites for hydroxylation is 1. The summed E-state index contributed by atoms with van der Waals surface area (Å²) >= 11 is 0. The van der Waals surface area contributed by atoms with Gasteiger partial charge in [0, 0.05) is 6.42 Å². The third-order valence-corrected chi connectivity index (χ3v) is 3.91. The van der Waals surface area contributed by atoms with Crippen LogP contribution in [0.5, 0.6) is 0 Å². The lowest BCUT2D eigenvalue weighted by Crippen LogP contribution is -2.38. The second-order valence-corrected chi connectivity index (χ2v) is 7.14. The van der Waals surface area contributed by atoms with Gasteiger partial charge in [-0.1, -0.05) is 0 Å². The summed E-state index contributed by atoms with van der Waals surface area (Å²) in [6.07, 6.45) is 3.02. The topological polar surface area (TPSA) is 79.0 Å². The number of nitrogens with zero attached hydrogens (tertiary/aromatic N) is 4. The van der Waals surface area contributed by atoms with Crippen molar-refractivity contribution in [1.82, 2.24) is 19.3 Å². The molecule has 0 amide bonds. The van der Waals surface area contributed by atoms with Crippen LogP contribution in [0.15, 0.2) is 23.1 Å². The molecular formula is C17H21FN4O3. The van der Waals surface area contributed by atoms with Crippen LogP contribution in [-0.2, 0) is 22.5 Å². The number of aromatic nitrogens is 4. The predicted molar refractivity (Wildman–Crippen MR) is 87.6 cm³/mol. The molecule has 7 nitrogen and oxygen atoms in total. The van der Waals surface area contributed by atoms with Crippen molar-refractivity contribution in [3.05, 3.63) is 46.1 Å². The number of ether oxygens (including phenoxy) is 1. The van der Waals surface area contributed by atoms with Crippen molar-refractivity contribution in [3.8, 4) is 0 Å². The van der Waals surface area contributed by atoms with Crippen molar-refractivity contribution in [1.29, 1.82) is 0 Å². The maximum atomic E-state index is 13.0. The smallest absolute Gasteiger partial charge is 0.347 e. The fourth-order valence-corrected chi connectivity index (χ4v) is 2.88. The number of fused-ring (bicyclic) bond motifs is 1. The predicted octanol–water partition coefficient (Wildman–Crippen LogP) is 1.85. The molecule has 8 heteroatoms. The Morgan fingerprint density at radius 2 is 2.16 bits per heavy atom. The van der Waals surface area contributed by atoms with E-state index in [4.69, 9.17) is 4.74 Å².